The fourth-order valence-electron chi connectivity index (χ4n) is 3.71. The quantitative estimate of drug-likeness (QED) is 0.693. The molecule has 2 heterocycles. The van der Waals surface area contributed by atoms with Crippen LogP contribution < -0.4 is 14.9 Å². The lowest BCUT2D eigenvalue weighted by molar-refractivity contribution is -0.0408. The van der Waals surface area contributed by atoms with Gasteiger partial charge in [0.2, 0.25) is 5.43 Å². The fraction of sp³-hybridized carbons (Fsp3) is 0.350. The first kappa shape index (κ1) is 16.0. The Bertz CT molecular complexity index is 1060. The van der Waals surface area contributed by atoms with E-state index in [1.165, 1.54) is 0 Å². The summed E-state index contributed by atoms with van der Waals surface area (Å²) in [6.45, 7) is 3.72. The Kier molecular flexibility index (Phi) is 3.34. The molecule has 0 unspecified atom stereocenters. The third kappa shape index (κ3) is 2.15. The highest BCUT2D eigenvalue weighted by Crippen LogP contribution is 2.41. The van der Waals surface area contributed by atoms with Crippen LogP contribution in [-0.4, -0.2) is 28.5 Å². The molecule has 25 heavy (non-hydrogen) atoms. The van der Waals surface area contributed by atoms with E-state index in [1.54, 1.807) is 13.2 Å². The van der Waals surface area contributed by atoms with E-state index in [0.29, 0.717) is 28.7 Å². The average Bonchev–Trinajstić information content (AvgIpc) is 2.59. The van der Waals surface area contributed by atoms with Crippen LogP contribution in [0.3, 0.4) is 0 Å². The van der Waals surface area contributed by atoms with E-state index >= 15 is 0 Å². The number of fused-ring (bicyclic) bond motifs is 4. The largest absolute Gasteiger partial charge is 0.496 e. The zero-order valence-electron chi connectivity index (χ0n) is 14.8. The second kappa shape index (κ2) is 5.23. The molecule has 1 aromatic heterocycles. The van der Waals surface area contributed by atoms with Crippen molar-refractivity contribution in [3.63, 3.8) is 0 Å². The van der Waals surface area contributed by atoms with Crippen molar-refractivity contribution in [1.29, 1.82) is 0 Å². The van der Waals surface area contributed by atoms with Crippen LogP contribution in [0.4, 0.5) is 0 Å². The Labute approximate surface area is 145 Å². The predicted molar refractivity (Wildman–Crippen MR) is 97.7 cm³/mol. The maximum absolute atomic E-state index is 13.1. The van der Waals surface area contributed by atoms with Gasteiger partial charge in [0.1, 0.15) is 17.1 Å². The van der Waals surface area contributed by atoms with Crippen LogP contribution in [0.5, 0.6) is 11.5 Å². The Balaban J connectivity index is 2.21. The van der Waals surface area contributed by atoms with Crippen molar-refractivity contribution >= 4 is 21.8 Å². The molecule has 0 saturated heterocycles. The van der Waals surface area contributed by atoms with Crippen molar-refractivity contribution in [2.75, 3.05) is 7.11 Å². The number of methoxy groups -OCH3 is 1. The SMILES string of the molecule is COc1cc2c(c3c1c(=O)c1ccccc1n3C)C[C@H](O)C(C)(C)O2. The minimum Gasteiger partial charge on any atom is -0.496 e. The van der Waals surface area contributed by atoms with Crippen LogP contribution in [0.1, 0.15) is 19.4 Å². The van der Waals surface area contributed by atoms with Gasteiger partial charge >= 0.3 is 0 Å². The molecule has 0 spiro atoms. The minimum absolute atomic E-state index is 0.0670. The summed E-state index contributed by atoms with van der Waals surface area (Å²) in [5, 5.41) is 11.7. The normalized spacial score (nSPS) is 18.8. The van der Waals surface area contributed by atoms with E-state index in [0.717, 1.165) is 16.6 Å². The van der Waals surface area contributed by atoms with Gasteiger partial charge in [0.05, 0.1) is 29.6 Å². The number of benzene rings is 2. The molecule has 1 atom stereocenters. The van der Waals surface area contributed by atoms with Gasteiger partial charge in [0, 0.05) is 30.5 Å². The molecule has 1 aliphatic heterocycles. The Morgan fingerprint density at radius 2 is 2.04 bits per heavy atom. The molecule has 2 aromatic carbocycles. The van der Waals surface area contributed by atoms with E-state index in [2.05, 4.69) is 0 Å². The van der Waals surface area contributed by atoms with Gasteiger partial charge in [-0.3, -0.25) is 4.79 Å². The highest BCUT2D eigenvalue weighted by atomic mass is 16.5. The maximum atomic E-state index is 13.1. The van der Waals surface area contributed by atoms with Gasteiger partial charge in [0.15, 0.2) is 0 Å². The third-order valence-corrected chi connectivity index (χ3v) is 5.19. The summed E-state index contributed by atoms with van der Waals surface area (Å²) in [7, 11) is 3.48. The van der Waals surface area contributed by atoms with Crippen LogP contribution in [0, 0.1) is 0 Å². The number of ether oxygens (including phenoxy) is 2. The van der Waals surface area contributed by atoms with Crippen molar-refractivity contribution in [3.8, 4) is 11.5 Å². The highest BCUT2D eigenvalue weighted by molar-refractivity contribution is 5.99. The Morgan fingerprint density at radius 1 is 1.32 bits per heavy atom. The second-order valence-electron chi connectivity index (χ2n) is 7.11. The van der Waals surface area contributed by atoms with Crippen molar-refractivity contribution < 1.29 is 14.6 Å². The lowest BCUT2D eigenvalue weighted by atomic mass is 9.89. The summed E-state index contributed by atoms with van der Waals surface area (Å²) >= 11 is 0. The molecule has 0 bridgehead atoms. The van der Waals surface area contributed by atoms with Gasteiger partial charge in [-0.05, 0) is 26.0 Å². The highest BCUT2D eigenvalue weighted by Gasteiger charge is 2.37. The number of aliphatic hydroxyl groups is 1. The molecular formula is C20H21NO4. The molecule has 0 radical (unpaired) electrons. The number of aromatic nitrogens is 1. The molecule has 1 N–H and O–H groups in total. The van der Waals surface area contributed by atoms with E-state index in [-0.39, 0.29) is 5.43 Å². The van der Waals surface area contributed by atoms with Crippen LogP contribution >= 0.6 is 0 Å². The van der Waals surface area contributed by atoms with E-state index in [1.807, 2.05) is 49.7 Å². The average molecular weight is 339 g/mol. The number of hydrogen-bond donors (Lipinski definition) is 1. The standard InChI is InChI=1S/C20H21NO4/c1-20(2)16(22)9-12-14(25-20)10-15(24-4)17-18(12)21(3)13-8-6-5-7-11(13)19(17)23/h5-8,10,16,22H,9H2,1-4H3/t16-/m0/s1. The van der Waals surface area contributed by atoms with Crippen molar-refractivity contribution in [2.24, 2.45) is 7.05 Å². The molecule has 130 valence electrons. The molecule has 5 nitrogen and oxygen atoms in total. The van der Waals surface area contributed by atoms with Crippen molar-refractivity contribution in [2.45, 2.75) is 32.0 Å². The molecule has 0 amide bonds. The molecule has 0 saturated carbocycles. The predicted octanol–water partition coefficient (Wildman–Crippen LogP) is 2.77. The van der Waals surface area contributed by atoms with Crippen LogP contribution in [0.15, 0.2) is 35.1 Å². The molecule has 0 aliphatic carbocycles. The monoisotopic (exact) mass is 339 g/mol. The number of pyridine rings is 1. The number of nitrogens with zero attached hydrogens (tertiary/aromatic N) is 1. The third-order valence-electron chi connectivity index (χ3n) is 5.19. The van der Waals surface area contributed by atoms with Gasteiger partial charge in [-0.25, -0.2) is 0 Å². The number of rotatable bonds is 1. The molecular weight excluding hydrogens is 318 g/mol. The summed E-state index contributed by atoms with van der Waals surface area (Å²) in [6, 6.07) is 9.28. The second-order valence-corrected chi connectivity index (χ2v) is 7.11. The number of aliphatic hydroxyl groups excluding tert-OH is 1. The summed E-state index contributed by atoms with van der Waals surface area (Å²) in [5.74, 6) is 1.15. The fourth-order valence-corrected chi connectivity index (χ4v) is 3.71. The van der Waals surface area contributed by atoms with Gasteiger partial charge in [-0.2, -0.15) is 0 Å². The number of para-hydroxylation sites is 1. The molecule has 3 aromatic rings. The molecule has 5 heteroatoms. The topological polar surface area (TPSA) is 60.7 Å². The molecule has 1 aliphatic rings. The number of hydrogen-bond acceptors (Lipinski definition) is 4. The Morgan fingerprint density at radius 3 is 2.76 bits per heavy atom. The summed E-state index contributed by atoms with van der Waals surface area (Å²) in [5.41, 5.74) is 1.68. The minimum atomic E-state index is -0.693. The van der Waals surface area contributed by atoms with Crippen LogP contribution in [-0.2, 0) is 13.5 Å². The van der Waals surface area contributed by atoms with Crippen LogP contribution in [0.2, 0.25) is 0 Å². The summed E-state index contributed by atoms with van der Waals surface area (Å²) < 4.78 is 13.5. The molecule has 4 rings (SSSR count). The van der Waals surface area contributed by atoms with Crippen molar-refractivity contribution in [1.82, 2.24) is 4.57 Å². The smallest absolute Gasteiger partial charge is 0.200 e. The summed E-state index contributed by atoms with van der Waals surface area (Å²) in [6.07, 6.45) is -0.229. The van der Waals surface area contributed by atoms with Crippen molar-refractivity contribution in [3.05, 3.63) is 46.1 Å². The zero-order chi connectivity index (χ0) is 17.9. The van der Waals surface area contributed by atoms with Gasteiger partial charge < -0.3 is 19.1 Å². The lowest BCUT2D eigenvalue weighted by Gasteiger charge is -2.38. The van der Waals surface area contributed by atoms with Gasteiger partial charge in [-0.15, -0.1) is 0 Å². The van der Waals surface area contributed by atoms with E-state index in [4.69, 9.17) is 9.47 Å². The summed E-state index contributed by atoms with van der Waals surface area (Å²) in [4.78, 5) is 13.1. The lowest BCUT2D eigenvalue weighted by Crippen LogP contribution is -2.46. The first-order valence-electron chi connectivity index (χ1n) is 8.33. The van der Waals surface area contributed by atoms with E-state index in [9.17, 15) is 9.90 Å². The first-order chi connectivity index (χ1) is 11.8. The Hall–Kier alpha value is -2.53. The number of aryl methyl sites for hydroxylation is 1. The van der Waals surface area contributed by atoms with Crippen LogP contribution in [0.25, 0.3) is 21.8 Å². The molecule has 0 fully saturated rings. The maximum Gasteiger partial charge on any atom is 0.200 e. The first-order valence-corrected chi connectivity index (χ1v) is 8.33. The van der Waals surface area contributed by atoms with E-state index < -0.39 is 11.7 Å². The van der Waals surface area contributed by atoms with Gasteiger partial charge in [-0.1, -0.05) is 12.1 Å². The zero-order valence-corrected chi connectivity index (χ0v) is 14.8. The van der Waals surface area contributed by atoms with Gasteiger partial charge in [0.25, 0.3) is 0 Å².